The number of ether oxygens (including phenoxy) is 2. The minimum Gasteiger partial charge on any atom is -0.489 e. The van der Waals surface area contributed by atoms with Crippen molar-refractivity contribution in [2.45, 2.75) is 13.2 Å². The molecule has 0 aromatic heterocycles. The maximum absolute atomic E-state index is 5.83. The van der Waals surface area contributed by atoms with Gasteiger partial charge in [-0.3, -0.25) is 0 Å². The van der Waals surface area contributed by atoms with Gasteiger partial charge in [0.1, 0.15) is 12.4 Å². The van der Waals surface area contributed by atoms with Crippen LogP contribution in [0.4, 0.5) is 5.69 Å². The van der Waals surface area contributed by atoms with Crippen LogP contribution in [0.5, 0.6) is 5.75 Å². The molecule has 0 radical (unpaired) electrons. The van der Waals surface area contributed by atoms with Crippen molar-refractivity contribution in [2.24, 2.45) is 0 Å². The first-order valence-corrected chi connectivity index (χ1v) is 6.73. The summed E-state index contributed by atoms with van der Waals surface area (Å²) >= 11 is 3.37. The van der Waals surface area contributed by atoms with Gasteiger partial charge in [0.05, 0.1) is 6.61 Å². The number of methoxy groups -OCH3 is 1. The predicted octanol–water partition coefficient (Wildman–Crippen LogP) is 3.76. The lowest BCUT2D eigenvalue weighted by atomic mass is 10.2. The van der Waals surface area contributed by atoms with Crippen LogP contribution in [-0.2, 0) is 18.0 Å². The zero-order valence-corrected chi connectivity index (χ0v) is 12.3. The van der Waals surface area contributed by atoms with Crippen LogP contribution in [0, 0.1) is 0 Å². The molecule has 2 N–H and O–H groups in total. The van der Waals surface area contributed by atoms with E-state index in [9.17, 15) is 0 Å². The molecule has 0 aliphatic heterocycles. The van der Waals surface area contributed by atoms with Crippen LogP contribution in [0.2, 0.25) is 0 Å². The summed E-state index contributed by atoms with van der Waals surface area (Å²) in [7, 11) is 1.68. The van der Waals surface area contributed by atoms with E-state index in [0.29, 0.717) is 18.9 Å². The summed E-state index contributed by atoms with van der Waals surface area (Å²) in [6.07, 6.45) is 0. The van der Waals surface area contributed by atoms with Crippen LogP contribution in [0.25, 0.3) is 0 Å². The van der Waals surface area contributed by atoms with Gasteiger partial charge in [-0.2, -0.15) is 0 Å². The Labute approximate surface area is 121 Å². The van der Waals surface area contributed by atoms with Crippen molar-refractivity contribution in [1.29, 1.82) is 0 Å². The number of rotatable bonds is 5. The standard InChI is InChI=1S/C15H16BrNO2/c1-18-9-11-3-2-4-13(7-11)19-10-12-5-6-14(16)15(17)8-12/h2-8H,9-10,17H2,1H3. The summed E-state index contributed by atoms with van der Waals surface area (Å²) < 4.78 is 11.7. The second-order valence-electron chi connectivity index (χ2n) is 4.22. The highest BCUT2D eigenvalue weighted by molar-refractivity contribution is 9.10. The van der Waals surface area contributed by atoms with Crippen LogP contribution < -0.4 is 10.5 Å². The van der Waals surface area contributed by atoms with Crippen LogP contribution >= 0.6 is 15.9 Å². The van der Waals surface area contributed by atoms with Gasteiger partial charge in [-0.25, -0.2) is 0 Å². The van der Waals surface area contributed by atoms with E-state index in [1.54, 1.807) is 7.11 Å². The van der Waals surface area contributed by atoms with E-state index in [4.69, 9.17) is 15.2 Å². The third kappa shape index (κ3) is 3.98. The van der Waals surface area contributed by atoms with Crippen molar-refractivity contribution < 1.29 is 9.47 Å². The van der Waals surface area contributed by atoms with Gasteiger partial charge in [-0.05, 0) is 51.3 Å². The molecule has 0 spiro atoms. The van der Waals surface area contributed by atoms with Gasteiger partial charge in [0.2, 0.25) is 0 Å². The summed E-state index contributed by atoms with van der Waals surface area (Å²) in [5.74, 6) is 0.830. The van der Waals surface area contributed by atoms with E-state index in [2.05, 4.69) is 15.9 Å². The predicted molar refractivity (Wildman–Crippen MR) is 80.0 cm³/mol. The molecule has 4 heteroatoms. The van der Waals surface area contributed by atoms with Crippen molar-refractivity contribution in [1.82, 2.24) is 0 Å². The van der Waals surface area contributed by atoms with Crippen LogP contribution in [-0.4, -0.2) is 7.11 Å². The average molecular weight is 322 g/mol. The Kier molecular flexibility index (Phi) is 4.82. The van der Waals surface area contributed by atoms with E-state index < -0.39 is 0 Å². The molecule has 0 amide bonds. The van der Waals surface area contributed by atoms with Gasteiger partial charge in [0.15, 0.2) is 0 Å². The van der Waals surface area contributed by atoms with Gasteiger partial charge in [0, 0.05) is 17.3 Å². The summed E-state index contributed by atoms with van der Waals surface area (Å²) in [4.78, 5) is 0. The number of hydrogen-bond acceptors (Lipinski definition) is 3. The van der Waals surface area contributed by atoms with E-state index >= 15 is 0 Å². The number of nitrogen functional groups attached to an aromatic ring is 1. The largest absolute Gasteiger partial charge is 0.489 e. The molecule has 0 fully saturated rings. The first-order chi connectivity index (χ1) is 9.19. The van der Waals surface area contributed by atoms with Crippen molar-refractivity contribution in [3.63, 3.8) is 0 Å². The van der Waals surface area contributed by atoms with E-state index in [-0.39, 0.29) is 0 Å². The van der Waals surface area contributed by atoms with E-state index in [1.165, 1.54) is 0 Å². The lowest BCUT2D eigenvalue weighted by molar-refractivity contribution is 0.184. The molecule has 2 aromatic rings. The van der Waals surface area contributed by atoms with Crippen LogP contribution in [0.15, 0.2) is 46.9 Å². The van der Waals surface area contributed by atoms with Crippen LogP contribution in [0.3, 0.4) is 0 Å². The number of benzene rings is 2. The first-order valence-electron chi connectivity index (χ1n) is 5.93. The lowest BCUT2D eigenvalue weighted by Gasteiger charge is -2.09. The van der Waals surface area contributed by atoms with Crippen molar-refractivity contribution in [3.05, 3.63) is 58.1 Å². The van der Waals surface area contributed by atoms with Gasteiger partial charge >= 0.3 is 0 Å². The molecule has 0 aliphatic carbocycles. The van der Waals surface area contributed by atoms with E-state index in [1.807, 2.05) is 42.5 Å². The third-order valence-electron chi connectivity index (χ3n) is 2.68. The molecule has 0 saturated heterocycles. The Bertz CT molecular complexity index is 558. The molecule has 3 nitrogen and oxygen atoms in total. The smallest absolute Gasteiger partial charge is 0.120 e. The molecule has 0 atom stereocenters. The van der Waals surface area contributed by atoms with Crippen molar-refractivity contribution >= 4 is 21.6 Å². The summed E-state index contributed by atoms with van der Waals surface area (Å²) in [6.45, 7) is 1.08. The highest BCUT2D eigenvalue weighted by Crippen LogP contribution is 2.21. The Morgan fingerprint density at radius 2 is 1.84 bits per heavy atom. The summed E-state index contributed by atoms with van der Waals surface area (Å²) in [5, 5.41) is 0. The SMILES string of the molecule is COCc1cccc(OCc2ccc(Br)c(N)c2)c1. The molecule has 0 saturated carbocycles. The van der Waals surface area contributed by atoms with Gasteiger partial charge in [0.25, 0.3) is 0 Å². The molecule has 2 aromatic carbocycles. The Morgan fingerprint density at radius 3 is 2.58 bits per heavy atom. The molecular weight excluding hydrogens is 306 g/mol. The molecule has 0 bridgehead atoms. The monoisotopic (exact) mass is 321 g/mol. The molecule has 0 aliphatic rings. The number of hydrogen-bond donors (Lipinski definition) is 1. The van der Waals surface area contributed by atoms with Crippen molar-refractivity contribution in [2.75, 3.05) is 12.8 Å². The fourth-order valence-electron chi connectivity index (χ4n) is 1.74. The second kappa shape index (κ2) is 6.59. The number of anilines is 1. The zero-order chi connectivity index (χ0) is 13.7. The Balaban J connectivity index is 2.01. The van der Waals surface area contributed by atoms with Gasteiger partial charge in [-0.15, -0.1) is 0 Å². The molecular formula is C15H16BrNO2. The first kappa shape index (κ1) is 13.9. The molecule has 0 heterocycles. The quantitative estimate of drug-likeness (QED) is 0.853. The Morgan fingerprint density at radius 1 is 1.05 bits per heavy atom. The third-order valence-corrected chi connectivity index (χ3v) is 3.40. The lowest BCUT2D eigenvalue weighted by Crippen LogP contribution is -1.98. The summed E-state index contributed by atoms with van der Waals surface area (Å²) in [6, 6.07) is 13.7. The minimum atomic E-state index is 0.494. The second-order valence-corrected chi connectivity index (χ2v) is 5.08. The number of nitrogens with two attached hydrogens (primary N) is 1. The minimum absolute atomic E-state index is 0.494. The molecule has 0 unspecified atom stereocenters. The highest BCUT2D eigenvalue weighted by atomic mass is 79.9. The maximum atomic E-state index is 5.83. The molecule has 19 heavy (non-hydrogen) atoms. The van der Waals surface area contributed by atoms with Gasteiger partial charge in [-0.1, -0.05) is 18.2 Å². The zero-order valence-electron chi connectivity index (χ0n) is 10.7. The fourth-order valence-corrected chi connectivity index (χ4v) is 1.99. The number of halogens is 1. The normalized spacial score (nSPS) is 10.4. The van der Waals surface area contributed by atoms with Gasteiger partial charge < -0.3 is 15.2 Å². The maximum Gasteiger partial charge on any atom is 0.120 e. The van der Waals surface area contributed by atoms with Crippen LogP contribution in [0.1, 0.15) is 11.1 Å². The van der Waals surface area contributed by atoms with E-state index in [0.717, 1.165) is 21.3 Å². The topological polar surface area (TPSA) is 44.5 Å². The fraction of sp³-hybridized carbons (Fsp3) is 0.200. The van der Waals surface area contributed by atoms with Crippen molar-refractivity contribution in [3.8, 4) is 5.75 Å². The molecule has 2 rings (SSSR count). The molecule has 100 valence electrons. The summed E-state index contributed by atoms with van der Waals surface area (Å²) in [5.41, 5.74) is 8.68. The highest BCUT2D eigenvalue weighted by Gasteiger charge is 2.01. The average Bonchev–Trinajstić information content (AvgIpc) is 2.41. The Hall–Kier alpha value is -1.52.